The van der Waals surface area contributed by atoms with Crippen LogP contribution in [0.5, 0.6) is 0 Å². The van der Waals surface area contributed by atoms with Gasteiger partial charge in [-0.05, 0) is 62.9 Å². The van der Waals surface area contributed by atoms with Gasteiger partial charge in [-0.25, -0.2) is 0 Å². The fourth-order valence-electron chi connectivity index (χ4n) is 5.68. The van der Waals surface area contributed by atoms with Crippen LogP contribution in [0.4, 0.5) is 5.69 Å². The van der Waals surface area contributed by atoms with Gasteiger partial charge in [-0.3, -0.25) is 4.98 Å². The van der Waals surface area contributed by atoms with Crippen LogP contribution in [-0.4, -0.2) is 4.98 Å². The Hall–Kier alpha value is -3.91. The highest BCUT2D eigenvalue weighted by Crippen LogP contribution is 2.39. The molecule has 1 atom stereocenters. The molecule has 1 heterocycles. The molecule has 0 spiro atoms. The van der Waals surface area contributed by atoms with E-state index in [1.165, 1.54) is 38.7 Å². The number of hydrogen-bond acceptors (Lipinski definition) is 2. The zero-order valence-corrected chi connectivity index (χ0v) is 24.1. The van der Waals surface area contributed by atoms with Crippen LogP contribution in [0.1, 0.15) is 93.3 Å². The second-order valence-electron chi connectivity index (χ2n) is 11.5. The van der Waals surface area contributed by atoms with E-state index < -0.39 is 0 Å². The fourth-order valence-corrected chi connectivity index (χ4v) is 5.68. The average molecular weight is 513 g/mol. The van der Waals surface area contributed by atoms with Gasteiger partial charge in [0, 0.05) is 11.3 Å². The maximum atomic E-state index is 5.35. The molecule has 1 unspecified atom stereocenters. The van der Waals surface area contributed by atoms with Crippen LogP contribution in [0.25, 0.3) is 22.0 Å². The Morgan fingerprint density at radius 3 is 1.74 bits per heavy atom. The van der Waals surface area contributed by atoms with Crippen LogP contribution in [0, 0.1) is 0 Å². The van der Waals surface area contributed by atoms with Crippen LogP contribution >= 0.6 is 0 Å². The first-order chi connectivity index (χ1) is 18.8. The van der Waals surface area contributed by atoms with E-state index in [9.17, 15) is 0 Å². The first-order valence-corrected chi connectivity index (χ1v) is 14.3. The summed E-state index contributed by atoms with van der Waals surface area (Å²) in [4.78, 5) is 5.35. The smallest absolute Gasteiger partial charge is 0.0943 e. The molecular formula is C37H40N2. The Balaban J connectivity index is 1.71. The summed E-state index contributed by atoms with van der Waals surface area (Å²) in [6.07, 6.45) is 0. The molecule has 198 valence electrons. The molecule has 0 saturated heterocycles. The summed E-state index contributed by atoms with van der Waals surface area (Å²) in [5.74, 6) is 1.21. The van der Waals surface area contributed by atoms with Crippen LogP contribution in [-0.2, 0) is 0 Å². The Bertz CT molecular complexity index is 1550. The highest BCUT2D eigenvalue weighted by molar-refractivity contribution is 5.95. The normalized spacial score (nSPS) is 12.4. The first kappa shape index (κ1) is 26.7. The topological polar surface area (TPSA) is 24.9 Å². The van der Waals surface area contributed by atoms with Crippen LogP contribution in [0.15, 0.2) is 103 Å². The molecule has 0 aliphatic carbocycles. The molecule has 0 bridgehead atoms. The average Bonchev–Trinajstić information content (AvgIpc) is 2.95. The van der Waals surface area contributed by atoms with Gasteiger partial charge < -0.3 is 5.32 Å². The van der Waals surface area contributed by atoms with Crippen molar-refractivity contribution in [3.63, 3.8) is 0 Å². The molecule has 0 fully saturated rings. The highest BCUT2D eigenvalue weighted by Gasteiger charge is 2.24. The van der Waals surface area contributed by atoms with Crippen molar-refractivity contribution in [2.75, 3.05) is 5.32 Å². The molecule has 2 nitrogen and oxygen atoms in total. The molecule has 1 N–H and O–H groups in total. The van der Waals surface area contributed by atoms with Gasteiger partial charge in [-0.15, -0.1) is 0 Å². The quantitative estimate of drug-likeness (QED) is 0.224. The number of nitrogens with zero attached hydrogens (tertiary/aromatic N) is 1. The van der Waals surface area contributed by atoms with Crippen molar-refractivity contribution < 1.29 is 0 Å². The maximum absolute atomic E-state index is 5.35. The lowest BCUT2D eigenvalue weighted by Gasteiger charge is -2.29. The Morgan fingerprint density at radius 2 is 1.05 bits per heavy atom. The van der Waals surface area contributed by atoms with E-state index in [4.69, 9.17) is 4.98 Å². The van der Waals surface area contributed by atoms with Crippen LogP contribution < -0.4 is 5.32 Å². The molecule has 5 aromatic rings. The lowest BCUT2D eigenvalue weighted by molar-refractivity contribution is 0.788. The lowest BCUT2D eigenvalue weighted by atomic mass is 9.88. The predicted molar refractivity (Wildman–Crippen MR) is 168 cm³/mol. The molecule has 2 heteroatoms. The summed E-state index contributed by atoms with van der Waals surface area (Å²) in [6.45, 7) is 13.7. The summed E-state index contributed by atoms with van der Waals surface area (Å²) in [7, 11) is 0. The molecule has 0 saturated carbocycles. The number of pyridine rings is 1. The molecule has 39 heavy (non-hydrogen) atoms. The van der Waals surface area contributed by atoms with Crippen molar-refractivity contribution in [2.45, 2.75) is 65.3 Å². The number of para-hydroxylation sites is 1. The second kappa shape index (κ2) is 11.5. The van der Waals surface area contributed by atoms with Gasteiger partial charge in [0.15, 0.2) is 0 Å². The zero-order valence-electron chi connectivity index (χ0n) is 24.1. The fraction of sp³-hybridized carbons (Fsp3) is 0.270. The Morgan fingerprint density at radius 1 is 0.513 bits per heavy atom. The Kier molecular flexibility index (Phi) is 7.84. The van der Waals surface area contributed by atoms with Crippen molar-refractivity contribution in [1.29, 1.82) is 0 Å². The molecule has 0 amide bonds. The number of aromatic nitrogens is 1. The summed E-state index contributed by atoms with van der Waals surface area (Å²) in [5.41, 5.74) is 9.75. The number of benzene rings is 4. The third-order valence-electron chi connectivity index (χ3n) is 7.72. The minimum Gasteiger partial charge on any atom is -0.372 e. The van der Waals surface area contributed by atoms with E-state index in [-0.39, 0.29) is 6.04 Å². The predicted octanol–water partition coefficient (Wildman–Crippen LogP) is 10.5. The highest BCUT2D eigenvalue weighted by atomic mass is 15.0. The Labute approximate surface area is 234 Å². The van der Waals surface area contributed by atoms with Gasteiger partial charge in [0.25, 0.3) is 0 Å². The van der Waals surface area contributed by atoms with Crippen molar-refractivity contribution in [1.82, 2.24) is 4.98 Å². The maximum Gasteiger partial charge on any atom is 0.0943 e. The number of nitrogens with one attached hydrogen (secondary N) is 1. The molecule has 5 rings (SSSR count). The minimum atomic E-state index is -0.0871. The van der Waals surface area contributed by atoms with Gasteiger partial charge in [0.2, 0.25) is 0 Å². The largest absolute Gasteiger partial charge is 0.372 e. The van der Waals surface area contributed by atoms with Crippen molar-refractivity contribution in [3.8, 4) is 11.3 Å². The van der Waals surface area contributed by atoms with E-state index in [2.05, 4.69) is 150 Å². The van der Waals surface area contributed by atoms with E-state index >= 15 is 0 Å². The zero-order chi connectivity index (χ0) is 27.5. The summed E-state index contributed by atoms with van der Waals surface area (Å²) < 4.78 is 0. The van der Waals surface area contributed by atoms with Gasteiger partial charge in [0.05, 0.1) is 17.4 Å². The van der Waals surface area contributed by atoms with Gasteiger partial charge in [-0.1, -0.05) is 133 Å². The van der Waals surface area contributed by atoms with Crippen LogP contribution in [0.2, 0.25) is 0 Å². The summed E-state index contributed by atoms with van der Waals surface area (Å²) in [5, 5.41) is 6.52. The number of rotatable bonds is 8. The third kappa shape index (κ3) is 5.47. The van der Waals surface area contributed by atoms with Crippen molar-refractivity contribution in [3.05, 3.63) is 131 Å². The molecule has 0 radical (unpaired) electrons. The number of fused-ring (bicyclic) bond motifs is 1. The second-order valence-corrected chi connectivity index (χ2v) is 11.5. The number of anilines is 1. The standard InChI is InChI=1S/C37H40N2/c1-24(2)28-16-9-10-18-33(28)37(39-36-29(25(3)4)19-12-20-30(36)26(5)6)35-23-13-22-34(38-35)32-21-11-15-27-14-7-8-17-31(27)32/h7-26,37,39H,1-6H3. The van der Waals surface area contributed by atoms with E-state index in [1.54, 1.807) is 0 Å². The number of hydrogen-bond donors (Lipinski definition) is 1. The summed E-state index contributed by atoms with van der Waals surface area (Å²) >= 11 is 0. The van der Waals surface area contributed by atoms with E-state index in [0.29, 0.717) is 17.8 Å². The molecule has 4 aromatic carbocycles. The third-order valence-corrected chi connectivity index (χ3v) is 7.72. The van der Waals surface area contributed by atoms with Gasteiger partial charge in [-0.2, -0.15) is 0 Å². The van der Waals surface area contributed by atoms with E-state index in [0.717, 1.165) is 17.0 Å². The minimum absolute atomic E-state index is 0.0871. The summed E-state index contributed by atoms with van der Waals surface area (Å²) in [6, 6.07) is 37.0. The van der Waals surface area contributed by atoms with E-state index in [1.807, 2.05) is 0 Å². The van der Waals surface area contributed by atoms with Crippen molar-refractivity contribution in [2.24, 2.45) is 0 Å². The first-order valence-electron chi connectivity index (χ1n) is 14.3. The molecule has 0 aliphatic rings. The molecular weight excluding hydrogens is 472 g/mol. The van der Waals surface area contributed by atoms with Crippen molar-refractivity contribution >= 4 is 16.5 Å². The van der Waals surface area contributed by atoms with Crippen LogP contribution in [0.3, 0.4) is 0 Å². The molecule has 1 aromatic heterocycles. The SMILES string of the molecule is CC(C)c1ccccc1C(Nc1c(C(C)C)cccc1C(C)C)c1cccc(-c2cccc3ccccc23)n1. The molecule has 0 aliphatic heterocycles. The monoisotopic (exact) mass is 512 g/mol. The lowest BCUT2D eigenvalue weighted by Crippen LogP contribution is -2.19. The van der Waals surface area contributed by atoms with Gasteiger partial charge in [0.1, 0.15) is 0 Å². The van der Waals surface area contributed by atoms with Gasteiger partial charge >= 0.3 is 0 Å².